The fourth-order valence-electron chi connectivity index (χ4n) is 2.20. The molecule has 1 fully saturated rings. The lowest BCUT2D eigenvalue weighted by atomic mass is 9.91. The van der Waals surface area contributed by atoms with E-state index in [1.807, 2.05) is 0 Å². The number of carbonyl (C=O) groups excluding carboxylic acids is 1. The van der Waals surface area contributed by atoms with Crippen molar-refractivity contribution in [1.82, 2.24) is 4.90 Å². The third-order valence-electron chi connectivity index (χ3n) is 3.53. The molecule has 0 saturated heterocycles. The molecular formula is C15H17ClFNO2. The Morgan fingerprint density at radius 2 is 2.25 bits per heavy atom. The van der Waals surface area contributed by atoms with Crippen molar-refractivity contribution in [3.8, 4) is 0 Å². The molecule has 0 heterocycles. The Morgan fingerprint density at radius 3 is 2.80 bits per heavy atom. The summed E-state index contributed by atoms with van der Waals surface area (Å²) in [5, 5.41) is 9.30. The quantitative estimate of drug-likeness (QED) is 0.849. The van der Waals surface area contributed by atoms with Crippen LogP contribution in [-0.2, 0) is 4.79 Å². The molecule has 0 atom stereocenters. The number of amides is 1. The lowest BCUT2D eigenvalue weighted by Crippen LogP contribution is -2.44. The summed E-state index contributed by atoms with van der Waals surface area (Å²) < 4.78 is 13.6. The number of hydrogen-bond donors (Lipinski definition) is 1. The van der Waals surface area contributed by atoms with E-state index in [2.05, 4.69) is 0 Å². The minimum Gasteiger partial charge on any atom is -0.395 e. The third-order valence-corrected chi connectivity index (χ3v) is 3.86. The number of halogens is 2. The van der Waals surface area contributed by atoms with Crippen LogP contribution < -0.4 is 0 Å². The minimum absolute atomic E-state index is 0.0729. The van der Waals surface area contributed by atoms with Gasteiger partial charge < -0.3 is 10.0 Å². The van der Waals surface area contributed by atoms with Crippen molar-refractivity contribution in [3.05, 3.63) is 40.7 Å². The second kappa shape index (κ2) is 6.86. The van der Waals surface area contributed by atoms with Gasteiger partial charge in [-0.1, -0.05) is 17.7 Å². The van der Waals surface area contributed by atoms with Gasteiger partial charge in [0.2, 0.25) is 5.91 Å². The maximum Gasteiger partial charge on any atom is 0.246 e. The first-order valence-electron chi connectivity index (χ1n) is 6.67. The van der Waals surface area contributed by atoms with Crippen LogP contribution in [0.1, 0.15) is 24.8 Å². The highest BCUT2D eigenvalue weighted by Crippen LogP contribution is 2.25. The van der Waals surface area contributed by atoms with Crippen molar-refractivity contribution < 1.29 is 14.3 Å². The summed E-state index contributed by atoms with van der Waals surface area (Å²) in [5.74, 6) is -0.679. The van der Waals surface area contributed by atoms with Gasteiger partial charge in [0.05, 0.1) is 11.6 Å². The number of hydrogen-bond acceptors (Lipinski definition) is 2. The van der Waals surface area contributed by atoms with Crippen molar-refractivity contribution in [2.45, 2.75) is 25.3 Å². The molecule has 1 aliphatic carbocycles. The first kappa shape index (κ1) is 15.0. The number of rotatable bonds is 5. The molecule has 1 aromatic carbocycles. The number of aliphatic hydroxyl groups excluding tert-OH is 1. The van der Waals surface area contributed by atoms with E-state index in [0.29, 0.717) is 6.54 Å². The van der Waals surface area contributed by atoms with Crippen LogP contribution in [0.2, 0.25) is 5.02 Å². The van der Waals surface area contributed by atoms with Gasteiger partial charge in [-0.25, -0.2) is 4.39 Å². The Kier molecular flexibility index (Phi) is 5.15. The highest BCUT2D eigenvalue weighted by atomic mass is 35.5. The zero-order chi connectivity index (χ0) is 14.5. The van der Waals surface area contributed by atoms with Crippen LogP contribution in [-0.4, -0.2) is 35.1 Å². The molecule has 1 saturated carbocycles. The summed E-state index contributed by atoms with van der Waals surface area (Å²) in [6.07, 6.45) is 5.73. The van der Waals surface area contributed by atoms with Crippen molar-refractivity contribution in [2.24, 2.45) is 0 Å². The van der Waals surface area contributed by atoms with E-state index in [4.69, 9.17) is 16.7 Å². The second-order valence-corrected chi connectivity index (χ2v) is 5.22. The molecule has 0 spiro atoms. The zero-order valence-corrected chi connectivity index (χ0v) is 11.8. The molecule has 3 nitrogen and oxygen atoms in total. The number of nitrogens with zero attached hydrogens (tertiary/aromatic N) is 1. The van der Waals surface area contributed by atoms with Crippen LogP contribution in [0.4, 0.5) is 4.39 Å². The van der Waals surface area contributed by atoms with Gasteiger partial charge in [-0.2, -0.15) is 0 Å². The predicted molar refractivity (Wildman–Crippen MR) is 76.9 cm³/mol. The van der Waals surface area contributed by atoms with Crippen LogP contribution in [0, 0.1) is 5.82 Å². The lowest BCUT2D eigenvalue weighted by molar-refractivity contribution is -0.130. The fourth-order valence-corrected chi connectivity index (χ4v) is 2.43. The summed E-state index contributed by atoms with van der Waals surface area (Å²) in [5.41, 5.74) is 0.208. The molecule has 1 amide bonds. The van der Waals surface area contributed by atoms with E-state index in [1.165, 1.54) is 24.3 Å². The smallest absolute Gasteiger partial charge is 0.246 e. The Bertz CT molecular complexity index is 494. The molecule has 2 rings (SSSR count). The molecule has 0 radical (unpaired) electrons. The first-order chi connectivity index (χ1) is 9.63. The van der Waals surface area contributed by atoms with Gasteiger partial charge in [0, 0.05) is 24.2 Å². The van der Waals surface area contributed by atoms with Crippen LogP contribution in [0.15, 0.2) is 24.3 Å². The lowest BCUT2D eigenvalue weighted by Gasteiger charge is -2.36. The highest BCUT2D eigenvalue weighted by Gasteiger charge is 2.27. The molecule has 1 aromatic rings. The SMILES string of the molecule is O=C(/C=C/c1c(F)cccc1Cl)N(CCO)C1CCC1. The van der Waals surface area contributed by atoms with Gasteiger partial charge in [0.1, 0.15) is 5.82 Å². The molecule has 1 aliphatic rings. The van der Waals surface area contributed by atoms with Crippen LogP contribution in [0.25, 0.3) is 6.08 Å². The van der Waals surface area contributed by atoms with Crippen LogP contribution in [0.5, 0.6) is 0 Å². The summed E-state index contributed by atoms with van der Waals surface area (Å²) in [6, 6.07) is 4.58. The van der Waals surface area contributed by atoms with Crippen molar-refractivity contribution in [2.75, 3.05) is 13.2 Å². The first-order valence-corrected chi connectivity index (χ1v) is 7.05. The Morgan fingerprint density at radius 1 is 1.50 bits per heavy atom. The average molecular weight is 298 g/mol. The number of benzene rings is 1. The van der Waals surface area contributed by atoms with E-state index >= 15 is 0 Å². The molecule has 20 heavy (non-hydrogen) atoms. The monoisotopic (exact) mass is 297 g/mol. The Balaban J connectivity index is 2.10. The standard InChI is InChI=1S/C15H17ClFNO2/c16-13-5-2-6-14(17)12(13)7-8-15(20)18(9-10-19)11-3-1-4-11/h2,5-8,11,19H,1,3-4,9-10H2/b8-7+. The molecular weight excluding hydrogens is 281 g/mol. The summed E-state index contributed by atoms with van der Waals surface area (Å²) in [4.78, 5) is 13.8. The fraction of sp³-hybridized carbons (Fsp3) is 0.400. The van der Waals surface area contributed by atoms with Crippen LogP contribution in [0.3, 0.4) is 0 Å². The molecule has 0 aromatic heterocycles. The Hall–Kier alpha value is -1.39. The summed E-state index contributed by atoms with van der Waals surface area (Å²) in [6.45, 7) is 0.232. The highest BCUT2D eigenvalue weighted by molar-refractivity contribution is 6.32. The van der Waals surface area contributed by atoms with E-state index in [9.17, 15) is 9.18 Å². The summed E-state index contributed by atoms with van der Waals surface area (Å²) >= 11 is 5.90. The molecule has 0 aliphatic heterocycles. The van der Waals surface area contributed by atoms with Gasteiger partial charge in [0.25, 0.3) is 0 Å². The minimum atomic E-state index is -0.459. The molecule has 0 unspecified atom stereocenters. The third kappa shape index (κ3) is 3.38. The maximum atomic E-state index is 13.6. The van der Waals surface area contributed by atoms with E-state index < -0.39 is 5.82 Å². The zero-order valence-electron chi connectivity index (χ0n) is 11.1. The maximum absolute atomic E-state index is 13.6. The van der Waals surface area contributed by atoms with E-state index in [-0.39, 0.29) is 29.1 Å². The van der Waals surface area contributed by atoms with Crippen molar-refractivity contribution >= 4 is 23.6 Å². The molecule has 108 valence electrons. The second-order valence-electron chi connectivity index (χ2n) is 4.81. The van der Waals surface area contributed by atoms with Gasteiger partial charge in [-0.05, 0) is 37.5 Å². The van der Waals surface area contributed by atoms with Crippen molar-refractivity contribution in [1.29, 1.82) is 0 Å². The normalized spacial score (nSPS) is 15.3. The van der Waals surface area contributed by atoms with E-state index in [1.54, 1.807) is 11.0 Å². The molecule has 1 N–H and O–H groups in total. The van der Waals surface area contributed by atoms with Crippen molar-refractivity contribution in [3.63, 3.8) is 0 Å². The molecule has 0 bridgehead atoms. The van der Waals surface area contributed by atoms with Gasteiger partial charge in [-0.3, -0.25) is 4.79 Å². The number of aliphatic hydroxyl groups is 1. The van der Waals surface area contributed by atoms with Gasteiger partial charge >= 0.3 is 0 Å². The van der Waals surface area contributed by atoms with Crippen LogP contribution >= 0.6 is 11.6 Å². The van der Waals surface area contributed by atoms with Gasteiger partial charge in [-0.15, -0.1) is 0 Å². The predicted octanol–water partition coefficient (Wildman–Crippen LogP) is 2.87. The van der Waals surface area contributed by atoms with Gasteiger partial charge in [0.15, 0.2) is 0 Å². The summed E-state index contributed by atoms with van der Waals surface area (Å²) in [7, 11) is 0. The average Bonchev–Trinajstić information content (AvgIpc) is 2.35. The molecule has 5 heteroatoms. The van der Waals surface area contributed by atoms with E-state index in [0.717, 1.165) is 19.3 Å². The largest absolute Gasteiger partial charge is 0.395 e. The number of carbonyl (C=O) groups is 1. The Labute approximate surface area is 122 Å². The topological polar surface area (TPSA) is 40.5 Å².